The van der Waals surface area contributed by atoms with Gasteiger partial charge in [0, 0.05) is 0 Å². The fourth-order valence-electron chi connectivity index (χ4n) is 1.24. The van der Waals surface area contributed by atoms with E-state index in [2.05, 4.69) is 0 Å². The minimum absolute atomic E-state index is 0.297. The van der Waals surface area contributed by atoms with Crippen molar-refractivity contribution >= 4 is 5.97 Å². The predicted octanol–water partition coefficient (Wildman–Crippen LogP) is 2.13. The Morgan fingerprint density at radius 1 is 1.43 bits per heavy atom. The first-order valence-electron chi connectivity index (χ1n) is 5.19. The van der Waals surface area contributed by atoms with E-state index in [0.717, 1.165) is 6.42 Å². The predicted molar refractivity (Wildman–Crippen MR) is 55.9 cm³/mol. The molecule has 0 aliphatic carbocycles. The lowest BCUT2D eigenvalue weighted by molar-refractivity contribution is -0.163. The standard InChI is InChI=1S/C11H22O3/c1-6-7-9(8(2)12)10(13)14-11(3,4)5/h8-9,12H,6-7H2,1-5H3/t8-,9-/m0/s1. The summed E-state index contributed by atoms with van der Waals surface area (Å²) in [6, 6.07) is 0. The number of rotatable bonds is 4. The Kier molecular flexibility index (Phi) is 5.13. The maximum absolute atomic E-state index is 11.6. The molecular formula is C11H22O3. The number of carbonyl (C=O) groups is 1. The molecule has 0 radical (unpaired) electrons. The Hall–Kier alpha value is -0.570. The monoisotopic (exact) mass is 202 g/mol. The van der Waals surface area contributed by atoms with Gasteiger partial charge in [0.2, 0.25) is 0 Å². The van der Waals surface area contributed by atoms with Gasteiger partial charge >= 0.3 is 5.97 Å². The fourth-order valence-corrected chi connectivity index (χ4v) is 1.24. The molecule has 0 unspecified atom stereocenters. The molecule has 0 aromatic heterocycles. The number of aliphatic hydroxyl groups is 1. The third kappa shape index (κ3) is 5.22. The largest absolute Gasteiger partial charge is 0.460 e. The lowest BCUT2D eigenvalue weighted by atomic mass is 9.98. The maximum Gasteiger partial charge on any atom is 0.312 e. The molecule has 0 aliphatic rings. The fraction of sp³-hybridized carbons (Fsp3) is 0.909. The molecule has 2 atom stereocenters. The van der Waals surface area contributed by atoms with Gasteiger partial charge in [-0.1, -0.05) is 13.3 Å². The van der Waals surface area contributed by atoms with Crippen molar-refractivity contribution in [3.63, 3.8) is 0 Å². The van der Waals surface area contributed by atoms with Crippen LogP contribution in [0.1, 0.15) is 47.5 Å². The summed E-state index contributed by atoms with van der Waals surface area (Å²) in [7, 11) is 0. The number of esters is 1. The van der Waals surface area contributed by atoms with E-state index in [1.54, 1.807) is 6.92 Å². The molecule has 0 heterocycles. The van der Waals surface area contributed by atoms with Crippen LogP contribution in [-0.2, 0) is 9.53 Å². The Morgan fingerprint density at radius 3 is 2.21 bits per heavy atom. The molecular weight excluding hydrogens is 180 g/mol. The van der Waals surface area contributed by atoms with Gasteiger partial charge in [-0.3, -0.25) is 4.79 Å². The highest BCUT2D eigenvalue weighted by Crippen LogP contribution is 2.17. The smallest absolute Gasteiger partial charge is 0.312 e. The topological polar surface area (TPSA) is 46.5 Å². The summed E-state index contributed by atoms with van der Waals surface area (Å²) in [6.45, 7) is 9.10. The molecule has 0 saturated carbocycles. The van der Waals surface area contributed by atoms with Crippen molar-refractivity contribution in [3.8, 4) is 0 Å². The van der Waals surface area contributed by atoms with Crippen LogP contribution in [0, 0.1) is 5.92 Å². The van der Waals surface area contributed by atoms with Gasteiger partial charge in [0.15, 0.2) is 0 Å². The van der Waals surface area contributed by atoms with Crippen LogP contribution in [0.25, 0.3) is 0 Å². The van der Waals surface area contributed by atoms with Crippen molar-refractivity contribution in [1.82, 2.24) is 0 Å². The summed E-state index contributed by atoms with van der Waals surface area (Å²) in [5.41, 5.74) is -0.474. The molecule has 3 nitrogen and oxygen atoms in total. The second-order valence-electron chi connectivity index (χ2n) is 4.67. The third-order valence-electron chi connectivity index (χ3n) is 1.89. The SMILES string of the molecule is CCC[C@H](C(=O)OC(C)(C)C)[C@H](C)O. The number of hydrogen-bond acceptors (Lipinski definition) is 3. The molecule has 0 aromatic rings. The van der Waals surface area contributed by atoms with E-state index in [1.165, 1.54) is 0 Å². The number of hydrogen-bond donors (Lipinski definition) is 1. The first-order chi connectivity index (χ1) is 6.28. The van der Waals surface area contributed by atoms with Gasteiger partial charge in [-0.2, -0.15) is 0 Å². The van der Waals surface area contributed by atoms with E-state index < -0.39 is 11.7 Å². The first kappa shape index (κ1) is 13.4. The van der Waals surface area contributed by atoms with Crippen LogP contribution in [0.15, 0.2) is 0 Å². The molecule has 0 saturated heterocycles. The van der Waals surface area contributed by atoms with Gasteiger partial charge in [-0.15, -0.1) is 0 Å². The number of aliphatic hydroxyl groups excluding tert-OH is 1. The normalized spacial score (nSPS) is 16.1. The lowest BCUT2D eigenvalue weighted by Crippen LogP contribution is -2.33. The quantitative estimate of drug-likeness (QED) is 0.710. The Bertz CT molecular complexity index is 179. The van der Waals surface area contributed by atoms with Crippen LogP contribution >= 0.6 is 0 Å². The van der Waals surface area contributed by atoms with Gasteiger partial charge in [0.1, 0.15) is 5.60 Å². The van der Waals surface area contributed by atoms with Crippen molar-refractivity contribution in [2.24, 2.45) is 5.92 Å². The van der Waals surface area contributed by atoms with Crippen molar-refractivity contribution in [1.29, 1.82) is 0 Å². The van der Waals surface area contributed by atoms with Crippen LogP contribution < -0.4 is 0 Å². The van der Waals surface area contributed by atoms with Gasteiger partial charge in [0.25, 0.3) is 0 Å². The average molecular weight is 202 g/mol. The molecule has 1 N–H and O–H groups in total. The van der Waals surface area contributed by atoms with Crippen molar-refractivity contribution < 1.29 is 14.6 Å². The minimum Gasteiger partial charge on any atom is -0.460 e. The molecule has 0 rings (SSSR count). The highest BCUT2D eigenvalue weighted by molar-refractivity contribution is 5.73. The second kappa shape index (κ2) is 5.35. The highest BCUT2D eigenvalue weighted by atomic mass is 16.6. The van der Waals surface area contributed by atoms with E-state index in [-0.39, 0.29) is 11.9 Å². The van der Waals surface area contributed by atoms with Crippen LogP contribution in [0.5, 0.6) is 0 Å². The molecule has 0 aromatic carbocycles. The van der Waals surface area contributed by atoms with Crippen LogP contribution in [0.3, 0.4) is 0 Å². The molecule has 3 heteroatoms. The summed E-state index contributed by atoms with van der Waals surface area (Å²) in [4.78, 5) is 11.6. The minimum atomic E-state index is -0.634. The van der Waals surface area contributed by atoms with E-state index in [9.17, 15) is 9.90 Å². The van der Waals surface area contributed by atoms with Gasteiger partial charge in [-0.25, -0.2) is 0 Å². The van der Waals surface area contributed by atoms with Crippen LogP contribution in [0.4, 0.5) is 0 Å². The van der Waals surface area contributed by atoms with Gasteiger partial charge < -0.3 is 9.84 Å². The van der Waals surface area contributed by atoms with E-state index >= 15 is 0 Å². The summed E-state index contributed by atoms with van der Waals surface area (Å²) >= 11 is 0. The van der Waals surface area contributed by atoms with E-state index in [1.807, 2.05) is 27.7 Å². The Balaban J connectivity index is 4.30. The van der Waals surface area contributed by atoms with Gasteiger partial charge in [0.05, 0.1) is 12.0 Å². The molecule has 0 bridgehead atoms. The number of carbonyl (C=O) groups excluding carboxylic acids is 1. The van der Waals surface area contributed by atoms with E-state index in [0.29, 0.717) is 6.42 Å². The average Bonchev–Trinajstić information content (AvgIpc) is 1.95. The summed E-state index contributed by atoms with van der Waals surface area (Å²) in [5.74, 6) is -0.687. The summed E-state index contributed by atoms with van der Waals surface area (Å²) in [6.07, 6.45) is 0.909. The van der Waals surface area contributed by atoms with Crippen LogP contribution in [0.2, 0.25) is 0 Å². The third-order valence-corrected chi connectivity index (χ3v) is 1.89. The molecule has 0 fully saturated rings. The zero-order chi connectivity index (χ0) is 11.4. The molecule has 0 amide bonds. The highest BCUT2D eigenvalue weighted by Gasteiger charge is 2.27. The molecule has 0 spiro atoms. The van der Waals surface area contributed by atoms with Gasteiger partial charge in [-0.05, 0) is 34.1 Å². The summed E-state index contributed by atoms with van der Waals surface area (Å²) in [5, 5.41) is 9.41. The Labute approximate surface area is 86.5 Å². The van der Waals surface area contributed by atoms with Crippen molar-refractivity contribution in [2.45, 2.75) is 59.2 Å². The van der Waals surface area contributed by atoms with Crippen molar-refractivity contribution in [3.05, 3.63) is 0 Å². The number of ether oxygens (including phenoxy) is 1. The zero-order valence-corrected chi connectivity index (χ0v) is 9.83. The lowest BCUT2D eigenvalue weighted by Gasteiger charge is -2.25. The van der Waals surface area contributed by atoms with Crippen molar-refractivity contribution in [2.75, 3.05) is 0 Å². The first-order valence-corrected chi connectivity index (χ1v) is 5.19. The molecule has 0 aliphatic heterocycles. The summed E-state index contributed by atoms with van der Waals surface area (Å²) < 4.78 is 5.21. The zero-order valence-electron chi connectivity index (χ0n) is 9.83. The molecule has 14 heavy (non-hydrogen) atoms. The Morgan fingerprint density at radius 2 is 1.93 bits per heavy atom. The second-order valence-corrected chi connectivity index (χ2v) is 4.67. The molecule has 84 valence electrons. The maximum atomic E-state index is 11.6. The van der Waals surface area contributed by atoms with Crippen LogP contribution in [-0.4, -0.2) is 22.8 Å². The van der Waals surface area contributed by atoms with E-state index in [4.69, 9.17) is 4.74 Å².